The van der Waals surface area contributed by atoms with E-state index in [1.54, 1.807) is 11.3 Å². The van der Waals surface area contributed by atoms with Crippen molar-refractivity contribution in [2.75, 3.05) is 0 Å². The van der Waals surface area contributed by atoms with Crippen molar-refractivity contribution < 1.29 is 0 Å². The van der Waals surface area contributed by atoms with Crippen molar-refractivity contribution in [2.45, 2.75) is 44.7 Å². The molecule has 108 valence electrons. The molecule has 0 amide bonds. The molecule has 20 heavy (non-hydrogen) atoms. The highest BCUT2D eigenvalue weighted by Crippen LogP contribution is 2.35. The van der Waals surface area contributed by atoms with E-state index in [1.807, 2.05) is 17.4 Å². The Morgan fingerprint density at radius 2 is 2.00 bits per heavy atom. The van der Waals surface area contributed by atoms with Crippen LogP contribution in [0.15, 0.2) is 29.6 Å². The van der Waals surface area contributed by atoms with E-state index in [1.165, 1.54) is 35.4 Å². The smallest absolute Gasteiger partial charge is 0.0931 e. The van der Waals surface area contributed by atoms with Crippen LogP contribution in [-0.4, -0.2) is 6.04 Å². The molecular formula is C16H20ClNS2. The number of hydrogen-bond acceptors (Lipinski definition) is 3. The zero-order valence-corrected chi connectivity index (χ0v) is 14.0. The second kappa shape index (κ2) is 6.61. The Kier molecular flexibility index (Phi) is 4.82. The van der Waals surface area contributed by atoms with Crippen LogP contribution in [0.5, 0.6) is 0 Å². The van der Waals surface area contributed by atoms with Crippen LogP contribution in [0.2, 0.25) is 4.34 Å². The highest BCUT2D eigenvalue weighted by molar-refractivity contribution is 7.16. The van der Waals surface area contributed by atoms with E-state index in [2.05, 4.69) is 35.8 Å². The minimum atomic E-state index is 0.295. The Morgan fingerprint density at radius 3 is 2.60 bits per heavy atom. The molecule has 0 aromatic carbocycles. The fraction of sp³-hybridized carbons (Fsp3) is 0.500. The first-order chi connectivity index (χ1) is 9.74. The van der Waals surface area contributed by atoms with E-state index >= 15 is 0 Å². The number of thiophene rings is 2. The van der Waals surface area contributed by atoms with Gasteiger partial charge < -0.3 is 5.32 Å². The first-order valence-electron chi connectivity index (χ1n) is 7.28. The molecule has 1 nitrogen and oxygen atoms in total. The zero-order chi connectivity index (χ0) is 13.9. The SMILES string of the molecule is C[C@@H](NC(c1cccs1)c1ccc(Cl)s1)C1CCCC1. The predicted octanol–water partition coefficient (Wildman–Crippen LogP) is 5.72. The van der Waals surface area contributed by atoms with Crippen LogP contribution in [-0.2, 0) is 0 Å². The van der Waals surface area contributed by atoms with Gasteiger partial charge in [-0.25, -0.2) is 0 Å². The molecule has 0 radical (unpaired) electrons. The fourth-order valence-electron chi connectivity index (χ4n) is 3.10. The van der Waals surface area contributed by atoms with E-state index in [4.69, 9.17) is 11.6 Å². The van der Waals surface area contributed by atoms with Crippen molar-refractivity contribution in [2.24, 2.45) is 5.92 Å². The van der Waals surface area contributed by atoms with Gasteiger partial charge in [-0.2, -0.15) is 0 Å². The van der Waals surface area contributed by atoms with Crippen molar-refractivity contribution in [1.82, 2.24) is 5.32 Å². The number of rotatable bonds is 5. The summed E-state index contributed by atoms with van der Waals surface area (Å²) in [5, 5.41) is 6.01. The van der Waals surface area contributed by atoms with Crippen molar-refractivity contribution in [1.29, 1.82) is 0 Å². The molecule has 1 aliphatic carbocycles. The highest BCUT2D eigenvalue weighted by Gasteiger charge is 2.26. The zero-order valence-electron chi connectivity index (χ0n) is 11.6. The molecule has 1 N–H and O–H groups in total. The minimum absolute atomic E-state index is 0.295. The number of hydrogen-bond donors (Lipinski definition) is 1. The third-order valence-electron chi connectivity index (χ3n) is 4.24. The summed E-state index contributed by atoms with van der Waals surface area (Å²) in [5.41, 5.74) is 0. The van der Waals surface area contributed by atoms with Gasteiger partial charge in [-0.15, -0.1) is 22.7 Å². The van der Waals surface area contributed by atoms with Crippen LogP contribution in [0.1, 0.15) is 48.4 Å². The third-order valence-corrected chi connectivity index (χ3v) is 6.48. The maximum absolute atomic E-state index is 6.12. The predicted molar refractivity (Wildman–Crippen MR) is 90.0 cm³/mol. The Labute approximate surface area is 134 Å². The van der Waals surface area contributed by atoms with Gasteiger partial charge in [-0.05, 0) is 49.3 Å². The lowest BCUT2D eigenvalue weighted by molar-refractivity contribution is 0.364. The van der Waals surface area contributed by atoms with Crippen molar-refractivity contribution >= 4 is 34.3 Å². The lowest BCUT2D eigenvalue weighted by Crippen LogP contribution is -2.35. The number of nitrogens with one attached hydrogen (secondary N) is 1. The molecule has 3 rings (SSSR count). The Morgan fingerprint density at radius 1 is 1.20 bits per heavy atom. The molecule has 0 bridgehead atoms. The van der Waals surface area contributed by atoms with E-state index in [9.17, 15) is 0 Å². The summed E-state index contributed by atoms with van der Waals surface area (Å²) in [7, 11) is 0. The van der Waals surface area contributed by atoms with Crippen LogP contribution in [0.4, 0.5) is 0 Å². The summed E-state index contributed by atoms with van der Waals surface area (Å²) in [6, 6.07) is 9.37. The van der Waals surface area contributed by atoms with Gasteiger partial charge in [-0.3, -0.25) is 0 Å². The maximum atomic E-state index is 6.12. The molecule has 1 fully saturated rings. The van der Waals surface area contributed by atoms with Gasteiger partial charge in [0.25, 0.3) is 0 Å². The van der Waals surface area contributed by atoms with Crippen LogP contribution in [0.25, 0.3) is 0 Å². The standard InChI is InChI=1S/C16H20ClNS2/c1-11(12-5-2-3-6-12)18-16(13-7-4-10-19-13)14-8-9-15(17)20-14/h4,7-12,16,18H,2-3,5-6H2,1H3/t11-,16?/m1/s1. The summed E-state index contributed by atoms with van der Waals surface area (Å²) >= 11 is 9.63. The van der Waals surface area contributed by atoms with Crippen LogP contribution in [0, 0.1) is 5.92 Å². The van der Waals surface area contributed by atoms with Gasteiger partial charge in [-0.1, -0.05) is 30.5 Å². The average Bonchev–Trinajstić information content (AvgIpc) is 3.17. The van der Waals surface area contributed by atoms with Crippen molar-refractivity contribution in [3.63, 3.8) is 0 Å². The van der Waals surface area contributed by atoms with Gasteiger partial charge in [0.05, 0.1) is 10.4 Å². The van der Waals surface area contributed by atoms with E-state index < -0.39 is 0 Å². The van der Waals surface area contributed by atoms with E-state index in [-0.39, 0.29) is 0 Å². The third kappa shape index (κ3) is 3.28. The maximum Gasteiger partial charge on any atom is 0.0931 e. The van der Waals surface area contributed by atoms with Crippen LogP contribution < -0.4 is 5.32 Å². The fourth-order valence-corrected chi connectivity index (χ4v) is 5.12. The van der Waals surface area contributed by atoms with Crippen molar-refractivity contribution in [3.8, 4) is 0 Å². The average molecular weight is 326 g/mol. The topological polar surface area (TPSA) is 12.0 Å². The molecule has 4 heteroatoms. The molecular weight excluding hydrogens is 306 g/mol. The molecule has 1 unspecified atom stereocenters. The van der Waals surface area contributed by atoms with Gasteiger partial charge in [0.2, 0.25) is 0 Å². The normalized spacial score (nSPS) is 19.3. The second-order valence-corrected chi connectivity index (χ2v) is 8.32. The van der Waals surface area contributed by atoms with Crippen LogP contribution in [0.3, 0.4) is 0 Å². The quantitative estimate of drug-likeness (QED) is 0.741. The molecule has 0 aliphatic heterocycles. The van der Waals surface area contributed by atoms with Gasteiger partial charge >= 0.3 is 0 Å². The molecule has 2 heterocycles. The summed E-state index contributed by atoms with van der Waals surface area (Å²) in [5.74, 6) is 0.827. The van der Waals surface area contributed by atoms with Crippen molar-refractivity contribution in [3.05, 3.63) is 43.7 Å². The largest absolute Gasteiger partial charge is 0.302 e. The molecule has 2 atom stereocenters. The first kappa shape index (κ1) is 14.6. The summed E-state index contributed by atoms with van der Waals surface area (Å²) in [6.45, 7) is 2.34. The van der Waals surface area contributed by atoms with Gasteiger partial charge in [0, 0.05) is 15.8 Å². The molecule has 2 aromatic heterocycles. The second-order valence-electron chi connectivity index (χ2n) is 5.59. The molecule has 2 aromatic rings. The van der Waals surface area contributed by atoms with E-state index in [0.29, 0.717) is 12.1 Å². The molecule has 0 spiro atoms. The summed E-state index contributed by atoms with van der Waals surface area (Å²) in [6.07, 6.45) is 5.53. The van der Waals surface area contributed by atoms with Gasteiger partial charge in [0.1, 0.15) is 0 Å². The Balaban J connectivity index is 1.79. The van der Waals surface area contributed by atoms with Crippen LogP contribution >= 0.6 is 34.3 Å². The molecule has 1 aliphatic rings. The summed E-state index contributed by atoms with van der Waals surface area (Å²) in [4.78, 5) is 2.70. The van der Waals surface area contributed by atoms with E-state index in [0.717, 1.165) is 10.3 Å². The monoisotopic (exact) mass is 325 g/mol. The minimum Gasteiger partial charge on any atom is -0.302 e. The molecule has 1 saturated carbocycles. The number of halogens is 1. The van der Waals surface area contributed by atoms with Gasteiger partial charge in [0.15, 0.2) is 0 Å². The Hall–Kier alpha value is -0.350. The summed E-state index contributed by atoms with van der Waals surface area (Å²) < 4.78 is 0.872. The lowest BCUT2D eigenvalue weighted by atomic mass is 9.98. The Bertz CT molecular complexity index is 528. The first-order valence-corrected chi connectivity index (χ1v) is 9.36. The lowest BCUT2D eigenvalue weighted by Gasteiger charge is -2.26. The molecule has 0 saturated heterocycles. The highest BCUT2D eigenvalue weighted by atomic mass is 35.5.